The molecule has 0 atom stereocenters. The maximum absolute atomic E-state index is 6.42. The van der Waals surface area contributed by atoms with Crippen LogP contribution in [0, 0.1) is 0 Å². The molecule has 9 heteroatoms. The van der Waals surface area contributed by atoms with E-state index in [2.05, 4.69) is 39.9 Å². The number of anilines is 1. The molecule has 2 aromatic heterocycles. The van der Waals surface area contributed by atoms with Gasteiger partial charge in [0.25, 0.3) is 0 Å². The molecule has 0 aliphatic heterocycles. The van der Waals surface area contributed by atoms with Gasteiger partial charge < -0.3 is 15.2 Å². The minimum atomic E-state index is 0.529. The van der Waals surface area contributed by atoms with E-state index >= 15 is 0 Å². The molecule has 0 saturated heterocycles. The van der Waals surface area contributed by atoms with Crippen LogP contribution in [0.1, 0.15) is 11.1 Å². The van der Waals surface area contributed by atoms with Gasteiger partial charge in [-0.2, -0.15) is 9.61 Å². The molecule has 2 heterocycles. The number of benzene rings is 2. The molecule has 0 fully saturated rings. The van der Waals surface area contributed by atoms with Crippen molar-refractivity contribution in [3.63, 3.8) is 0 Å². The highest BCUT2D eigenvalue weighted by molar-refractivity contribution is 6.36. The SMILES string of the molecule is Bc1cnn2c(NCc3cccc(CNBOC)c3)cc(-c3ccccc3Cl)nc12. The van der Waals surface area contributed by atoms with Gasteiger partial charge in [-0.1, -0.05) is 54.1 Å². The van der Waals surface area contributed by atoms with Crippen molar-refractivity contribution in [3.8, 4) is 11.3 Å². The van der Waals surface area contributed by atoms with Gasteiger partial charge in [0.2, 0.25) is 0 Å². The topological polar surface area (TPSA) is 63.5 Å². The van der Waals surface area contributed by atoms with E-state index in [1.807, 2.05) is 48.9 Å². The molecule has 0 spiro atoms. The molecule has 0 unspecified atom stereocenters. The minimum Gasteiger partial charge on any atom is -0.427 e. The predicted octanol–water partition coefficient (Wildman–Crippen LogP) is 1.92. The Labute approximate surface area is 182 Å². The summed E-state index contributed by atoms with van der Waals surface area (Å²) in [5, 5.41) is 11.9. The molecular formula is C21H22B2ClN5O. The van der Waals surface area contributed by atoms with E-state index in [0.717, 1.165) is 34.7 Å². The van der Waals surface area contributed by atoms with Gasteiger partial charge in [-0.05, 0) is 22.7 Å². The maximum atomic E-state index is 6.42. The van der Waals surface area contributed by atoms with E-state index < -0.39 is 0 Å². The molecule has 0 saturated carbocycles. The smallest absolute Gasteiger partial charge is 0.360 e. The Morgan fingerprint density at radius 1 is 1.10 bits per heavy atom. The van der Waals surface area contributed by atoms with Crippen LogP contribution in [0.2, 0.25) is 5.02 Å². The Hall–Kier alpha value is -2.80. The van der Waals surface area contributed by atoms with Crippen LogP contribution in [0.3, 0.4) is 0 Å². The molecule has 0 radical (unpaired) electrons. The number of halogens is 1. The maximum Gasteiger partial charge on any atom is 0.360 e. The van der Waals surface area contributed by atoms with E-state index in [1.54, 1.807) is 7.11 Å². The molecule has 0 aliphatic carbocycles. The van der Waals surface area contributed by atoms with Crippen LogP contribution in [0.25, 0.3) is 16.9 Å². The van der Waals surface area contributed by atoms with Crippen molar-refractivity contribution in [2.24, 2.45) is 0 Å². The molecule has 2 aromatic carbocycles. The van der Waals surface area contributed by atoms with Crippen molar-refractivity contribution in [1.82, 2.24) is 19.8 Å². The molecule has 0 amide bonds. The summed E-state index contributed by atoms with van der Waals surface area (Å²) < 4.78 is 6.88. The summed E-state index contributed by atoms with van der Waals surface area (Å²) in [4.78, 5) is 4.79. The number of hydrogen-bond acceptors (Lipinski definition) is 5. The molecule has 4 rings (SSSR count). The van der Waals surface area contributed by atoms with Crippen molar-refractivity contribution in [2.45, 2.75) is 13.1 Å². The van der Waals surface area contributed by atoms with E-state index in [4.69, 9.17) is 21.2 Å². The van der Waals surface area contributed by atoms with Crippen LogP contribution in [-0.2, 0) is 17.7 Å². The zero-order valence-electron chi connectivity index (χ0n) is 17.0. The third-order valence-electron chi connectivity index (χ3n) is 4.84. The van der Waals surface area contributed by atoms with Crippen molar-refractivity contribution < 1.29 is 4.65 Å². The number of nitrogens with one attached hydrogen (secondary N) is 2. The molecule has 0 bridgehead atoms. The fourth-order valence-corrected chi connectivity index (χ4v) is 3.58. The second-order valence-corrected chi connectivity index (χ2v) is 7.51. The van der Waals surface area contributed by atoms with Gasteiger partial charge in [-0.3, -0.25) is 0 Å². The quantitative estimate of drug-likeness (QED) is 0.339. The van der Waals surface area contributed by atoms with Gasteiger partial charge in [-0.15, -0.1) is 0 Å². The van der Waals surface area contributed by atoms with Gasteiger partial charge in [0.05, 0.1) is 5.69 Å². The Morgan fingerprint density at radius 2 is 1.90 bits per heavy atom. The molecular weight excluding hydrogens is 395 g/mol. The van der Waals surface area contributed by atoms with E-state index in [1.165, 1.54) is 11.1 Å². The van der Waals surface area contributed by atoms with Crippen LogP contribution in [0.4, 0.5) is 5.82 Å². The number of hydrogen-bond donors (Lipinski definition) is 2. The average molecular weight is 418 g/mol. The Morgan fingerprint density at radius 3 is 2.70 bits per heavy atom. The Bertz CT molecular complexity index is 1170. The van der Waals surface area contributed by atoms with E-state index in [9.17, 15) is 0 Å². The van der Waals surface area contributed by atoms with Crippen molar-refractivity contribution >= 4 is 44.0 Å². The zero-order chi connectivity index (χ0) is 20.9. The lowest BCUT2D eigenvalue weighted by atomic mass is 10.0. The lowest BCUT2D eigenvalue weighted by molar-refractivity contribution is 0.430. The summed E-state index contributed by atoms with van der Waals surface area (Å²) in [5.41, 5.74) is 5.93. The van der Waals surface area contributed by atoms with Crippen molar-refractivity contribution in [1.29, 1.82) is 0 Å². The average Bonchev–Trinajstić information content (AvgIpc) is 3.14. The highest BCUT2D eigenvalue weighted by Crippen LogP contribution is 2.28. The Kier molecular flexibility index (Phi) is 6.38. The number of rotatable bonds is 8. The third-order valence-corrected chi connectivity index (χ3v) is 5.17. The largest absolute Gasteiger partial charge is 0.427 e. The van der Waals surface area contributed by atoms with Gasteiger partial charge in [0.1, 0.15) is 13.7 Å². The molecule has 150 valence electrons. The fourth-order valence-electron chi connectivity index (χ4n) is 3.35. The first-order chi connectivity index (χ1) is 14.7. The van der Waals surface area contributed by atoms with Crippen molar-refractivity contribution in [3.05, 3.63) is 76.9 Å². The minimum absolute atomic E-state index is 0.529. The van der Waals surface area contributed by atoms with Crippen LogP contribution in [-0.4, -0.2) is 37.2 Å². The summed E-state index contributed by atoms with van der Waals surface area (Å²) >= 11 is 6.42. The van der Waals surface area contributed by atoms with Gasteiger partial charge >= 0.3 is 7.62 Å². The molecule has 6 nitrogen and oxygen atoms in total. The van der Waals surface area contributed by atoms with Gasteiger partial charge in [0.15, 0.2) is 5.65 Å². The number of fused-ring (bicyclic) bond motifs is 1. The van der Waals surface area contributed by atoms with Crippen molar-refractivity contribution in [2.75, 3.05) is 12.4 Å². The molecule has 4 aromatic rings. The monoisotopic (exact) mass is 417 g/mol. The summed E-state index contributed by atoms with van der Waals surface area (Å²) in [7, 11) is 4.21. The Balaban J connectivity index is 1.61. The second kappa shape index (κ2) is 9.34. The molecule has 30 heavy (non-hydrogen) atoms. The van der Waals surface area contributed by atoms with Gasteiger partial charge in [0, 0.05) is 43.0 Å². The third kappa shape index (κ3) is 4.51. The fraction of sp³-hybridized carbons (Fsp3) is 0.143. The lowest BCUT2D eigenvalue weighted by Gasteiger charge is -2.12. The van der Waals surface area contributed by atoms with Crippen LogP contribution in [0.5, 0.6) is 0 Å². The van der Waals surface area contributed by atoms with Crippen LogP contribution in [0.15, 0.2) is 60.8 Å². The number of aromatic nitrogens is 3. The second-order valence-electron chi connectivity index (χ2n) is 7.10. The zero-order valence-corrected chi connectivity index (χ0v) is 17.8. The molecule has 0 aliphatic rings. The van der Waals surface area contributed by atoms with Gasteiger partial charge in [-0.25, -0.2) is 4.98 Å². The standard InChI is InChI=1S/C21H22B2ClN5O/c1-30-23-26-12-15-6-4-5-14(9-15)11-25-20-10-19(16-7-2-3-8-18(16)24)28-21-17(22)13-27-29(20)21/h2-10,13,23,25-26H,11-12,22H2,1H3. The lowest BCUT2D eigenvalue weighted by Crippen LogP contribution is -2.20. The first kappa shape index (κ1) is 20.5. The molecule has 2 N–H and O–H groups in total. The predicted molar refractivity (Wildman–Crippen MR) is 126 cm³/mol. The van der Waals surface area contributed by atoms with Crippen LogP contribution < -0.4 is 16.0 Å². The summed E-state index contributed by atoms with van der Waals surface area (Å²) in [5.74, 6) is 0.867. The summed E-state index contributed by atoms with van der Waals surface area (Å²) in [6.07, 6.45) is 1.83. The number of nitrogens with zero attached hydrogens (tertiary/aromatic N) is 3. The summed E-state index contributed by atoms with van der Waals surface area (Å²) in [6.45, 7) is 1.42. The first-order valence-corrected chi connectivity index (χ1v) is 10.1. The van der Waals surface area contributed by atoms with E-state index in [-0.39, 0.29) is 0 Å². The first-order valence-electron chi connectivity index (χ1n) is 9.77. The highest BCUT2D eigenvalue weighted by atomic mass is 35.5. The summed E-state index contributed by atoms with van der Waals surface area (Å²) in [6, 6.07) is 18.2. The van der Waals surface area contributed by atoms with E-state index in [0.29, 0.717) is 19.2 Å². The normalized spacial score (nSPS) is 11.0. The highest BCUT2D eigenvalue weighted by Gasteiger charge is 2.12. The van der Waals surface area contributed by atoms with Crippen LogP contribution >= 0.6 is 11.6 Å².